The van der Waals surface area contributed by atoms with Gasteiger partial charge in [-0.05, 0) is 25.2 Å². The number of hydrogen-bond acceptors (Lipinski definition) is 4. The number of carbonyl (C=O) groups is 1. The third kappa shape index (κ3) is 3.59. The van der Waals surface area contributed by atoms with Gasteiger partial charge in [0.05, 0.1) is 12.7 Å². The van der Waals surface area contributed by atoms with Crippen molar-refractivity contribution in [1.29, 1.82) is 0 Å². The predicted octanol–water partition coefficient (Wildman–Crippen LogP) is 1.07. The molecule has 0 aromatic heterocycles. The lowest BCUT2D eigenvalue weighted by Crippen LogP contribution is -2.16. The summed E-state index contributed by atoms with van der Waals surface area (Å²) in [6.45, 7) is 1.34. The molecule has 0 heterocycles. The van der Waals surface area contributed by atoms with Crippen LogP contribution in [0.1, 0.15) is 10.4 Å². The van der Waals surface area contributed by atoms with E-state index in [-0.39, 0.29) is 5.97 Å². The molecule has 0 saturated carbocycles. The highest BCUT2D eigenvalue weighted by atomic mass is 16.5. The molecule has 0 spiro atoms. The molecule has 4 heteroatoms. The van der Waals surface area contributed by atoms with Crippen LogP contribution in [-0.2, 0) is 4.74 Å². The van der Waals surface area contributed by atoms with Crippen molar-refractivity contribution < 1.29 is 14.3 Å². The van der Waals surface area contributed by atoms with Crippen LogP contribution < -0.4 is 10.1 Å². The fourth-order valence-electron chi connectivity index (χ4n) is 1.10. The zero-order chi connectivity index (χ0) is 11.1. The van der Waals surface area contributed by atoms with E-state index in [4.69, 9.17) is 4.74 Å². The molecular formula is C11H15NO3. The van der Waals surface area contributed by atoms with E-state index in [1.165, 1.54) is 7.11 Å². The Morgan fingerprint density at radius 3 is 2.93 bits per heavy atom. The maximum atomic E-state index is 11.2. The lowest BCUT2D eigenvalue weighted by molar-refractivity contribution is 0.0600. The van der Waals surface area contributed by atoms with Gasteiger partial charge in [-0.1, -0.05) is 6.07 Å². The van der Waals surface area contributed by atoms with Crippen molar-refractivity contribution in [1.82, 2.24) is 5.32 Å². The van der Waals surface area contributed by atoms with Crippen molar-refractivity contribution >= 4 is 5.97 Å². The van der Waals surface area contributed by atoms with Crippen molar-refractivity contribution in [3.63, 3.8) is 0 Å². The number of carbonyl (C=O) groups excluding carboxylic acids is 1. The molecule has 0 aliphatic heterocycles. The predicted molar refractivity (Wildman–Crippen MR) is 57.2 cm³/mol. The second kappa shape index (κ2) is 6.03. The van der Waals surface area contributed by atoms with Crippen LogP contribution in [0.5, 0.6) is 5.75 Å². The van der Waals surface area contributed by atoms with Gasteiger partial charge in [0, 0.05) is 6.54 Å². The molecule has 0 saturated heterocycles. The number of likely N-dealkylation sites (N-methyl/N-ethyl adjacent to an activating group) is 1. The fraction of sp³-hybridized carbons (Fsp3) is 0.364. The molecule has 0 radical (unpaired) electrons. The second-order valence-electron chi connectivity index (χ2n) is 2.97. The average Bonchev–Trinajstić information content (AvgIpc) is 2.29. The van der Waals surface area contributed by atoms with Gasteiger partial charge in [-0.15, -0.1) is 0 Å². The summed E-state index contributed by atoms with van der Waals surface area (Å²) in [5.41, 5.74) is 0.499. The Hall–Kier alpha value is -1.55. The van der Waals surface area contributed by atoms with Crippen LogP contribution in [0.4, 0.5) is 0 Å². The molecule has 0 aliphatic rings. The van der Waals surface area contributed by atoms with Crippen molar-refractivity contribution in [3.05, 3.63) is 29.8 Å². The molecular weight excluding hydrogens is 194 g/mol. The fourth-order valence-corrected chi connectivity index (χ4v) is 1.10. The molecule has 0 aliphatic carbocycles. The summed E-state index contributed by atoms with van der Waals surface area (Å²) < 4.78 is 10.0. The molecule has 0 atom stereocenters. The Kier molecular flexibility index (Phi) is 4.63. The maximum absolute atomic E-state index is 11.2. The van der Waals surface area contributed by atoms with Gasteiger partial charge in [-0.25, -0.2) is 4.79 Å². The lowest BCUT2D eigenvalue weighted by Gasteiger charge is -2.06. The molecule has 15 heavy (non-hydrogen) atoms. The van der Waals surface area contributed by atoms with Gasteiger partial charge in [0.15, 0.2) is 0 Å². The summed E-state index contributed by atoms with van der Waals surface area (Å²) in [5.74, 6) is 0.321. The smallest absolute Gasteiger partial charge is 0.337 e. The molecule has 4 nitrogen and oxygen atoms in total. The molecule has 0 unspecified atom stereocenters. The first kappa shape index (κ1) is 11.5. The highest BCUT2D eigenvalue weighted by Gasteiger charge is 2.05. The van der Waals surface area contributed by atoms with Crippen LogP contribution in [-0.4, -0.2) is 33.3 Å². The highest BCUT2D eigenvalue weighted by molar-refractivity contribution is 5.89. The first-order valence-corrected chi connectivity index (χ1v) is 4.73. The van der Waals surface area contributed by atoms with E-state index in [1.807, 2.05) is 13.1 Å². The van der Waals surface area contributed by atoms with E-state index in [9.17, 15) is 4.79 Å². The lowest BCUT2D eigenvalue weighted by atomic mass is 10.2. The zero-order valence-electron chi connectivity index (χ0n) is 8.95. The van der Waals surface area contributed by atoms with Gasteiger partial charge in [0.1, 0.15) is 12.4 Å². The van der Waals surface area contributed by atoms with Crippen molar-refractivity contribution in [2.45, 2.75) is 0 Å². The number of benzene rings is 1. The molecule has 0 fully saturated rings. The maximum Gasteiger partial charge on any atom is 0.337 e. The normalized spacial score (nSPS) is 9.73. The third-order valence-electron chi connectivity index (χ3n) is 1.88. The Morgan fingerprint density at radius 1 is 1.47 bits per heavy atom. The number of ether oxygens (including phenoxy) is 2. The van der Waals surface area contributed by atoms with Gasteiger partial charge < -0.3 is 14.8 Å². The Balaban J connectivity index is 2.62. The van der Waals surface area contributed by atoms with E-state index < -0.39 is 0 Å². The van der Waals surface area contributed by atoms with Crippen LogP contribution in [0.2, 0.25) is 0 Å². The van der Waals surface area contributed by atoms with Gasteiger partial charge >= 0.3 is 5.97 Å². The monoisotopic (exact) mass is 209 g/mol. The van der Waals surface area contributed by atoms with E-state index in [1.54, 1.807) is 18.2 Å². The minimum absolute atomic E-state index is 0.353. The molecule has 1 N–H and O–H groups in total. The summed E-state index contributed by atoms with van der Waals surface area (Å²) in [5, 5.41) is 2.97. The zero-order valence-corrected chi connectivity index (χ0v) is 8.95. The summed E-state index contributed by atoms with van der Waals surface area (Å²) in [4.78, 5) is 11.2. The molecule has 1 rings (SSSR count). The van der Waals surface area contributed by atoms with Crippen LogP contribution in [0.15, 0.2) is 24.3 Å². The number of methoxy groups -OCH3 is 1. The minimum Gasteiger partial charge on any atom is -0.492 e. The van der Waals surface area contributed by atoms with Crippen molar-refractivity contribution in [2.75, 3.05) is 27.3 Å². The standard InChI is InChI=1S/C11H15NO3/c1-12-6-7-15-10-5-3-4-9(8-10)11(13)14-2/h3-5,8,12H,6-7H2,1-2H3. The number of hydrogen-bond donors (Lipinski definition) is 1. The van der Waals surface area contributed by atoms with Gasteiger partial charge in [0.25, 0.3) is 0 Å². The van der Waals surface area contributed by atoms with E-state index in [0.29, 0.717) is 17.9 Å². The number of nitrogens with one attached hydrogen (secondary N) is 1. The first-order valence-electron chi connectivity index (χ1n) is 4.73. The van der Waals surface area contributed by atoms with Gasteiger partial charge in [0.2, 0.25) is 0 Å². The van der Waals surface area contributed by atoms with E-state index in [0.717, 1.165) is 6.54 Å². The first-order chi connectivity index (χ1) is 7.27. The quantitative estimate of drug-likeness (QED) is 0.582. The van der Waals surface area contributed by atoms with Gasteiger partial charge in [-0.2, -0.15) is 0 Å². The third-order valence-corrected chi connectivity index (χ3v) is 1.88. The van der Waals surface area contributed by atoms with Crippen molar-refractivity contribution in [3.8, 4) is 5.75 Å². The molecule has 0 bridgehead atoms. The molecule has 82 valence electrons. The van der Waals surface area contributed by atoms with Crippen LogP contribution >= 0.6 is 0 Å². The molecule has 1 aromatic rings. The number of rotatable bonds is 5. The largest absolute Gasteiger partial charge is 0.492 e. The van der Waals surface area contributed by atoms with Crippen LogP contribution in [0.25, 0.3) is 0 Å². The van der Waals surface area contributed by atoms with Crippen molar-refractivity contribution in [2.24, 2.45) is 0 Å². The summed E-state index contributed by atoms with van der Waals surface area (Å²) in [6, 6.07) is 6.93. The average molecular weight is 209 g/mol. The van der Waals surface area contributed by atoms with Crippen LogP contribution in [0.3, 0.4) is 0 Å². The number of esters is 1. The second-order valence-corrected chi connectivity index (χ2v) is 2.97. The summed E-state index contributed by atoms with van der Waals surface area (Å²) in [7, 11) is 3.21. The Labute approximate surface area is 89.2 Å². The molecule has 0 amide bonds. The van der Waals surface area contributed by atoms with Gasteiger partial charge in [-0.3, -0.25) is 0 Å². The van der Waals surface area contributed by atoms with E-state index >= 15 is 0 Å². The van der Waals surface area contributed by atoms with E-state index in [2.05, 4.69) is 10.1 Å². The Morgan fingerprint density at radius 2 is 2.27 bits per heavy atom. The van der Waals surface area contributed by atoms with Crippen LogP contribution in [0, 0.1) is 0 Å². The minimum atomic E-state index is -0.353. The highest BCUT2D eigenvalue weighted by Crippen LogP contribution is 2.13. The topological polar surface area (TPSA) is 47.6 Å². The SMILES string of the molecule is CNCCOc1cccc(C(=O)OC)c1. The Bertz CT molecular complexity index is 325. The molecule has 1 aromatic carbocycles. The summed E-state index contributed by atoms with van der Waals surface area (Å²) in [6.07, 6.45) is 0. The summed E-state index contributed by atoms with van der Waals surface area (Å²) >= 11 is 0.